The van der Waals surface area contributed by atoms with Crippen molar-refractivity contribution in [1.82, 2.24) is 4.90 Å². The monoisotopic (exact) mass is 277 g/mol. The Labute approximate surface area is 118 Å². The van der Waals surface area contributed by atoms with Crippen LogP contribution in [0.2, 0.25) is 5.02 Å². The number of anilines is 1. The molecule has 19 heavy (non-hydrogen) atoms. The van der Waals surface area contributed by atoms with Gasteiger partial charge in [0.25, 0.3) is 0 Å². The van der Waals surface area contributed by atoms with Crippen molar-refractivity contribution in [3.63, 3.8) is 0 Å². The maximum absolute atomic E-state index is 12.1. The number of nitrogens with one attached hydrogen (secondary N) is 1. The molecule has 1 aliphatic heterocycles. The highest BCUT2D eigenvalue weighted by atomic mass is 35.5. The van der Waals surface area contributed by atoms with E-state index in [1.54, 1.807) is 18.2 Å². The number of hydrogen-bond donors (Lipinski definition) is 1. The van der Waals surface area contributed by atoms with Gasteiger partial charge in [-0.15, -0.1) is 0 Å². The van der Waals surface area contributed by atoms with Gasteiger partial charge in [-0.1, -0.05) is 24.4 Å². The van der Waals surface area contributed by atoms with E-state index < -0.39 is 0 Å². The SMILES string of the molecule is N#Cc1cc(NC(=O)N2CCCCCC2)ccc1Cl. The summed E-state index contributed by atoms with van der Waals surface area (Å²) in [6, 6.07) is 6.82. The van der Waals surface area contributed by atoms with Crippen molar-refractivity contribution in [3.05, 3.63) is 28.8 Å². The van der Waals surface area contributed by atoms with Gasteiger partial charge in [0.05, 0.1) is 10.6 Å². The average molecular weight is 278 g/mol. The minimum Gasteiger partial charge on any atom is -0.325 e. The lowest BCUT2D eigenvalue weighted by molar-refractivity contribution is 0.214. The number of carbonyl (C=O) groups excluding carboxylic acids is 1. The standard InChI is InChI=1S/C14H16ClN3O/c15-13-6-5-12(9-11(13)10-16)17-14(19)18-7-3-1-2-4-8-18/h5-6,9H,1-4,7-8H2,(H,17,19). The summed E-state index contributed by atoms with van der Waals surface area (Å²) in [5.41, 5.74) is 0.977. The van der Waals surface area contributed by atoms with Crippen LogP contribution < -0.4 is 5.32 Å². The van der Waals surface area contributed by atoms with E-state index in [9.17, 15) is 4.79 Å². The van der Waals surface area contributed by atoms with Crippen LogP contribution in [0.25, 0.3) is 0 Å². The molecule has 0 aliphatic carbocycles. The smallest absolute Gasteiger partial charge is 0.321 e. The molecule has 1 N–H and O–H groups in total. The molecule has 2 amide bonds. The summed E-state index contributed by atoms with van der Waals surface area (Å²) in [5, 5.41) is 12.1. The molecule has 1 heterocycles. The predicted octanol–water partition coefficient (Wildman–Crippen LogP) is 3.62. The summed E-state index contributed by atoms with van der Waals surface area (Å²) in [5.74, 6) is 0. The molecular formula is C14H16ClN3O. The van der Waals surface area contributed by atoms with Crippen LogP contribution in [0.4, 0.5) is 10.5 Å². The lowest BCUT2D eigenvalue weighted by atomic mass is 10.2. The molecule has 0 atom stereocenters. The van der Waals surface area contributed by atoms with Crippen molar-refractivity contribution in [1.29, 1.82) is 5.26 Å². The second-order valence-corrected chi connectivity index (χ2v) is 5.05. The number of rotatable bonds is 1. The van der Waals surface area contributed by atoms with Gasteiger partial charge in [0.15, 0.2) is 0 Å². The van der Waals surface area contributed by atoms with Crippen molar-refractivity contribution >= 4 is 23.3 Å². The molecule has 0 radical (unpaired) electrons. The van der Waals surface area contributed by atoms with Crippen LogP contribution in [0.5, 0.6) is 0 Å². The summed E-state index contributed by atoms with van der Waals surface area (Å²) >= 11 is 5.86. The Bertz CT molecular complexity index is 502. The number of carbonyl (C=O) groups is 1. The van der Waals surface area contributed by atoms with Crippen molar-refractivity contribution in [2.45, 2.75) is 25.7 Å². The van der Waals surface area contributed by atoms with Gasteiger partial charge in [0.1, 0.15) is 6.07 Å². The molecule has 0 bridgehead atoms. The lowest BCUT2D eigenvalue weighted by Crippen LogP contribution is -2.35. The second-order valence-electron chi connectivity index (χ2n) is 4.64. The Morgan fingerprint density at radius 3 is 2.58 bits per heavy atom. The molecular weight excluding hydrogens is 262 g/mol. The number of nitrogens with zero attached hydrogens (tertiary/aromatic N) is 2. The molecule has 5 heteroatoms. The fraction of sp³-hybridized carbons (Fsp3) is 0.429. The molecule has 1 fully saturated rings. The molecule has 2 rings (SSSR count). The van der Waals surface area contributed by atoms with E-state index in [-0.39, 0.29) is 6.03 Å². The number of nitriles is 1. The molecule has 1 aliphatic rings. The van der Waals surface area contributed by atoms with Gasteiger partial charge in [0, 0.05) is 18.8 Å². The van der Waals surface area contributed by atoms with Crippen LogP contribution >= 0.6 is 11.6 Å². The summed E-state index contributed by atoms with van der Waals surface area (Å²) in [7, 11) is 0. The van der Waals surface area contributed by atoms with Crippen LogP contribution in [0.3, 0.4) is 0 Å². The zero-order chi connectivity index (χ0) is 13.7. The van der Waals surface area contributed by atoms with Crippen LogP contribution in [0.15, 0.2) is 18.2 Å². The molecule has 1 saturated heterocycles. The fourth-order valence-electron chi connectivity index (χ4n) is 2.17. The fourth-order valence-corrected chi connectivity index (χ4v) is 2.32. The third-order valence-corrected chi connectivity index (χ3v) is 3.56. The predicted molar refractivity (Wildman–Crippen MR) is 75.2 cm³/mol. The molecule has 0 saturated carbocycles. The van der Waals surface area contributed by atoms with Crippen LogP contribution in [0, 0.1) is 11.3 Å². The van der Waals surface area contributed by atoms with Crippen LogP contribution in [-0.2, 0) is 0 Å². The third-order valence-electron chi connectivity index (χ3n) is 3.23. The first-order valence-electron chi connectivity index (χ1n) is 6.46. The van der Waals surface area contributed by atoms with Crippen molar-refractivity contribution < 1.29 is 4.79 Å². The van der Waals surface area contributed by atoms with Gasteiger partial charge >= 0.3 is 6.03 Å². The number of urea groups is 1. The zero-order valence-electron chi connectivity index (χ0n) is 10.7. The summed E-state index contributed by atoms with van der Waals surface area (Å²) in [4.78, 5) is 13.9. The van der Waals surface area contributed by atoms with Gasteiger partial charge < -0.3 is 10.2 Å². The molecule has 4 nitrogen and oxygen atoms in total. The van der Waals surface area contributed by atoms with E-state index >= 15 is 0 Å². The first-order chi connectivity index (χ1) is 9.20. The first-order valence-corrected chi connectivity index (χ1v) is 6.84. The molecule has 0 spiro atoms. The number of likely N-dealkylation sites (tertiary alicyclic amines) is 1. The van der Waals surface area contributed by atoms with Gasteiger partial charge in [-0.2, -0.15) is 5.26 Å². The lowest BCUT2D eigenvalue weighted by Gasteiger charge is -2.20. The minimum absolute atomic E-state index is 0.104. The Hall–Kier alpha value is -1.73. The molecule has 100 valence electrons. The third kappa shape index (κ3) is 3.62. The largest absolute Gasteiger partial charge is 0.325 e. The van der Waals surface area contributed by atoms with Gasteiger partial charge in [0.2, 0.25) is 0 Å². The van der Waals surface area contributed by atoms with E-state index in [4.69, 9.17) is 16.9 Å². The Morgan fingerprint density at radius 1 is 1.26 bits per heavy atom. The maximum Gasteiger partial charge on any atom is 0.321 e. The Balaban J connectivity index is 2.04. The molecule has 0 unspecified atom stereocenters. The normalized spacial score (nSPS) is 15.5. The average Bonchev–Trinajstić information content (AvgIpc) is 2.70. The molecule has 0 aromatic heterocycles. The summed E-state index contributed by atoms with van der Waals surface area (Å²) in [6.07, 6.45) is 4.47. The Kier molecular flexibility index (Phi) is 4.64. The number of amides is 2. The van der Waals surface area contributed by atoms with Gasteiger partial charge in [-0.05, 0) is 31.0 Å². The topological polar surface area (TPSA) is 56.1 Å². The first kappa shape index (κ1) is 13.7. The second kappa shape index (κ2) is 6.44. The number of hydrogen-bond acceptors (Lipinski definition) is 2. The van der Waals surface area contributed by atoms with E-state index in [2.05, 4.69) is 5.32 Å². The van der Waals surface area contributed by atoms with Crippen molar-refractivity contribution in [3.8, 4) is 6.07 Å². The van der Waals surface area contributed by atoms with Crippen LogP contribution in [0.1, 0.15) is 31.2 Å². The van der Waals surface area contributed by atoms with E-state index in [0.29, 0.717) is 16.3 Å². The summed E-state index contributed by atoms with van der Waals surface area (Å²) < 4.78 is 0. The van der Waals surface area contributed by atoms with E-state index in [1.807, 2.05) is 11.0 Å². The summed E-state index contributed by atoms with van der Waals surface area (Å²) in [6.45, 7) is 1.59. The van der Waals surface area contributed by atoms with Crippen molar-refractivity contribution in [2.24, 2.45) is 0 Å². The van der Waals surface area contributed by atoms with E-state index in [0.717, 1.165) is 25.9 Å². The van der Waals surface area contributed by atoms with Gasteiger partial charge in [-0.25, -0.2) is 4.79 Å². The van der Waals surface area contributed by atoms with Crippen molar-refractivity contribution in [2.75, 3.05) is 18.4 Å². The quantitative estimate of drug-likeness (QED) is 0.852. The number of halogens is 1. The highest BCUT2D eigenvalue weighted by Gasteiger charge is 2.15. The van der Waals surface area contributed by atoms with Gasteiger partial charge in [-0.3, -0.25) is 0 Å². The number of benzene rings is 1. The molecule has 1 aromatic carbocycles. The van der Waals surface area contributed by atoms with Crippen LogP contribution in [-0.4, -0.2) is 24.0 Å². The Morgan fingerprint density at radius 2 is 1.95 bits per heavy atom. The molecule has 1 aromatic rings. The van der Waals surface area contributed by atoms with E-state index in [1.165, 1.54) is 12.8 Å². The highest BCUT2D eigenvalue weighted by molar-refractivity contribution is 6.31. The maximum atomic E-state index is 12.1. The highest BCUT2D eigenvalue weighted by Crippen LogP contribution is 2.20. The minimum atomic E-state index is -0.104. The zero-order valence-corrected chi connectivity index (χ0v) is 11.4.